The lowest BCUT2D eigenvalue weighted by Crippen LogP contribution is -2.11. The van der Waals surface area contributed by atoms with Gasteiger partial charge in [0.2, 0.25) is 0 Å². The standard InChI is InChI=1S/C22H21NO2S/c1-25-21-13-11-20(12-14-21)23-22(24)19-9-7-18(8-10-19)16-26-15-17-5-3-2-4-6-17/h2-14H,15-16H2,1H3,(H,23,24). The Morgan fingerprint density at radius 3 is 2.08 bits per heavy atom. The third-order valence-electron chi connectivity index (χ3n) is 3.94. The zero-order valence-corrected chi connectivity index (χ0v) is 15.5. The molecular formula is C22H21NO2S. The number of ether oxygens (including phenoxy) is 1. The van der Waals surface area contributed by atoms with Crippen LogP contribution < -0.4 is 10.1 Å². The van der Waals surface area contributed by atoms with Crippen molar-refractivity contribution in [2.45, 2.75) is 11.5 Å². The van der Waals surface area contributed by atoms with Gasteiger partial charge in [-0.2, -0.15) is 11.8 Å². The van der Waals surface area contributed by atoms with E-state index in [1.54, 1.807) is 7.11 Å². The third kappa shape index (κ3) is 5.14. The molecule has 3 rings (SSSR count). The number of hydrogen-bond acceptors (Lipinski definition) is 3. The Morgan fingerprint density at radius 2 is 1.46 bits per heavy atom. The van der Waals surface area contributed by atoms with Crippen LogP contribution in [0.3, 0.4) is 0 Å². The minimum absolute atomic E-state index is 0.112. The number of nitrogens with one attached hydrogen (secondary N) is 1. The predicted molar refractivity (Wildman–Crippen MR) is 109 cm³/mol. The largest absolute Gasteiger partial charge is 0.497 e. The summed E-state index contributed by atoms with van der Waals surface area (Å²) in [7, 11) is 1.62. The number of rotatable bonds is 7. The molecule has 0 fully saturated rings. The maximum Gasteiger partial charge on any atom is 0.255 e. The number of amides is 1. The van der Waals surface area contributed by atoms with Crippen molar-refractivity contribution in [1.29, 1.82) is 0 Å². The van der Waals surface area contributed by atoms with Gasteiger partial charge in [0.15, 0.2) is 0 Å². The van der Waals surface area contributed by atoms with E-state index in [0.29, 0.717) is 5.56 Å². The van der Waals surface area contributed by atoms with Crippen molar-refractivity contribution in [3.8, 4) is 5.75 Å². The zero-order chi connectivity index (χ0) is 18.2. The quantitative estimate of drug-likeness (QED) is 0.612. The summed E-state index contributed by atoms with van der Waals surface area (Å²) in [4.78, 5) is 12.3. The second kappa shape index (κ2) is 9.11. The molecule has 0 radical (unpaired) electrons. The van der Waals surface area contributed by atoms with E-state index in [-0.39, 0.29) is 5.91 Å². The van der Waals surface area contributed by atoms with Gasteiger partial charge in [-0.15, -0.1) is 0 Å². The molecule has 3 aromatic rings. The van der Waals surface area contributed by atoms with E-state index in [9.17, 15) is 4.79 Å². The van der Waals surface area contributed by atoms with E-state index < -0.39 is 0 Å². The van der Waals surface area contributed by atoms with Gasteiger partial charge >= 0.3 is 0 Å². The second-order valence-corrected chi connectivity index (χ2v) is 6.84. The van der Waals surface area contributed by atoms with E-state index in [4.69, 9.17) is 4.74 Å². The number of thioether (sulfide) groups is 1. The highest BCUT2D eigenvalue weighted by atomic mass is 32.2. The van der Waals surface area contributed by atoms with Gasteiger partial charge in [0, 0.05) is 22.8 Å². The van der Waals surface area contributed by atoms with Crippen LogP contribution in [0.1, 0.15) is 21.5 Å². The Labute approximate surface area is 158 Å². The van der Waals surface area contributed by atoms with Crippen molar-refractivity contribution in [3.63, 3.8) is 0 Å². The molecule has 0 atom stereocenters. The molecule has 0 spiro atoms. The highest BCUT2D eigenvalue weighted by Crippen LogP contribution is 2.19. The SMILES string of the molecule is COc1ccc(NC(=O)c2ccc(CSCc3ccccc3)cc2)cc1. The first-order valence-electron chi connectivity index (χ1n) is 8.40. The van der Waals surface area contributed by atoms with Crippen molar-refractivity contribution in [1.82, 2.24) is 0 Å². The minimum atomic E-state index is -0.112. The fourth-order valence-electron chi connectivity index (χ4n) is 2.49. The van der Waals surface area contributed by atoms with Crippen molar-refractivity contribution in [3.05, 3.63) is 95.6 Å². The molecule has 0 aliphatic rings. The van der Waals surface area contributed by atoms with E-state index in [0.717, 1.165) is 22.9 Å². The Kier molecular flexibility index (Phi) is 6.34. The molecule has 0 aliphatic heterocycles. The van der Waals surface area contributed by atoms with Gasteiger partial charge in [0.25, 0.3) is 5.91 Å². The van der Waals surface area contributed by atoms with Crippen molar-refractivity contribution in [2.24, 2.45) is 0 Å². The lowest BCUT2D eigenvalue weighted by atomic mass is 10.1. The maximum atomic E-state index is 12.3. The molecule has 4 heteroatoms. The van der Waals surface area contributed by atoms with Gasteiger partial charge in [-0.25, -0.2) is 0 Å². The monoisotopic (exact) mass is 363 g/mol. The second-order valence-electron chi connectivity index (χ2n) is 5.86. The van der Waals surface area contributed by atoms with Crippen LogP contribution in [-0.2, 0) is 11.5 Å². The average Bonchev–Trinajstić information content (AvgIpc) is 2.70. The predicted octanol–water partition coefficient (Wildman–Crippen LogP) is 5.38. The van der Waals surface area contributed by atoms with Gasteiger partial charge in [-0.1, -0.05) is 42.5 Å². The zero-order valence-electron chi connectivity index (χ0n) is 14.6. The van der Waals surface area contributed by atoms with Crippen LogP contribution in [0.15, 0.2) is 78.9 Å². The van der Waals surface area contributed by atoms with Gasteiger partial charge in [-0.05, 0) is 47.5 Å². The Morgan fingerprint density at radius 1 is 0.846 bits per heavy atom. The number of anilines is 1. The van der Waals surface area contributed by atoms with Crippen LogP contribution in [0.5, 0.6) is 5.75 Å². The summed E-state index contributed by atoms with van der Waals surface area (Å²) in [6.45, 7) is 0. The van der Waals surface area contributed by atoms with Crippen molar-refractivity contribution in [2.75, 3.05) is 12.4 Å². The molecule has 3 nitrogen and oxygen atoms in total. The topological polar surface area (TPSA) is 38.3 Å². The Hall–Kier alpha value is -2.72. The normalized spacial score (nSPS) is 10.3. The first-order valence-corrected chi connectivity index (χ1v) is 9.56. The highest BCUT2D eigenvalue weighted by molar-refractivity contribution is 7.97. The van der Waals surface area contributed by atoms with Crippen LogP contribution in [-0.4, -0.2) is 13.0 Å². The molecule has 0 bridgehead atoms. The summed E-state index contributed by atoms with van der Waals surface area (Å²) in [5, 5.41) is 2.89. The molecule has 0 saturated carbocycles. The average molecular weight is 363 g/mol. The summed E-state index contributed by atoms with van der Waals surface area (Å²) >= 11 is 1.87. The molecular weight excluding hydrogens is 342 g/mol. The fraction of sp³-hybridized carbons (Fsp3) is 0.136. The van der Waals surface area contributed by atoms with Gasteiger partial charge < -0.3 is 10.1 Å². The summed E-state index contributed by atoms with van der Waals surface area (Å²) in [5.41, 5.74) is 3.94. The Bertz CT molecular complexity index is 830. The first-order chi connectivity index (χ1) is 12.7. The van der Waals surface area contributed by atoms with Gasteiger partial charge in [0.05, 0.1) is 7.11 Å². The summed E-state index contributed by atoms with van der Waals surface area (Å²) < 4.78 is 5.12. The molecule has 1 amide bonds. The molecule has 1 N–H and O–H groups in total. The van der Waals surface area contributed by atoms with Crippen LogP contribution in [0, 0.1) is 0 Å². The van der Waals surface area contributed by atoms with Crippen LogP contribution >= 0.6 is 11.8 Å². The number of carbonyl (C=O) groups excluding carboxylic acids is 1. The van der Waals surface area contributed by atoms with Gasteiger partial charge in [-0.3, -0.25) is 4.79 Å². The van der Waals surface area contributed by atoms with Gasteiger partial charge in [0.1, 0.15) is 5.75 Å². The molecule has 26 heavy (non-hydrogen) atoms. The molecule has 0 aliphatic carbocycles. The smallest absolute Gasteiger partial charge is 0.255 e. The number of carbonyl (C=O) groups is 1. The fourth-order valence-corrected chi connectivity index (χ4v) is 3.45. The van der Waals surface area contributed by atoms with Crippen molar-refractivity contribution < 1.29 is 9.53 Å². The highest BCUT2D eigenvalue weighted by Gasteiger charge is 2.06. The van der Waals surface area contributed by atoms with E-state index in [2.05, 4.69) is 29.6 Å². The molecule has 0 saturated heterocycles. The van der Waals surface area contributed by atoms with Crippen molar-refractivity contribution >= 4 is 23.4 Å². The maximum absolute atomic E-state index is 12.3. The van der Waals surface area contributed by atoms with E-state index in [1.807, 2.05) is 66.4 Å². The number of hydrogen-bond donors (Lipinski definition) is 1. The Balaban J connectivity index is 1.52. The lowest BCUT2D eigenvalue weighted by Gasteiger charge is -2.07. The molecule has 0 heterocycles. The lowest BCUT2D eigenvalue weighted by molar-refractivity contribution is 0.102. The summed E-state index contributed by atoms with van der Waals surface area (Å²) in [5.74, 6) is 2.56. The molecule has 132 valence electrons. The molecule has 0 unspecified atom stereocenters. The summed E-state index contributed by atoms with van der Waals surface area (Å²) in [6, 6.07) is 25.5. The first kappa shape index (κ1) is 18.1. The molecule has 0 aromatic heterocycles. The van der Waals surface area contributed by atoms with Crippen LogP contribution in [0.4, 0.5) is 5.69 Å². The third-order valence-corrected chi connectivity index (χ3v) is 5.02. The van der Waals surface area contributed by atoms with Crippen LogP contribution in [0.2, 0.25) is 0 Å². The van der Waals surface area contributed by atoms with E-state index in [1.165, 1.54) is 11.1 Å². The molecule has 3 aromatic carbocycles. The van der Waals surface area contributed by atoms with E-state index >= 15 is 0 Å². The number of benzene rings is 3. The number of methoxy groups -OCH3 is 1. The van der Waals surface area contributed by atoms with Crippen LogP contribution in [0.25, 0.3) is 0 Å². The summed E-state index contributed by atoms with van der Waals surface area (Å²) in [6.07, 6.45) is 0. The minimum Gasteiger partial charge on any atom is -0.497 e.